The largest absolute Gasteiger partial charge is 0.462 e. The molecule has 14 nitrogen and oxygen atoms in total. The number of ether oxygens (including phenoxy) is 4. The molecule has 10 atom stereocenters. The lowest BCUT2D eigenvalue weighted by molar-refractivity contribution is -0.384. The topological polar surface area (TPSA) is 222 Å². The van der Waals surface area contributed by atoms with Crippen molar-refractivity contribution in [1.29, 1.82) is 0 Å². The third kappa shape index (κ3) is 4.99. The summed E-state index contributed by atoms with van der Waals surface area (Å²) in [4.78, 5) is 10.2. The molecule has 2 heterocycles. The number of aliphatic hydroxyl groups is 7. The standard InChI is InChI=1S/C18H25NO13/c20-5-9-11(22)13(24)15(26)17(30-9)32-16-14(25)12(23)10(6-21)31-18(16)29-8-3-1-7(2-4-8)19(27)28/h1-4,9-18,20-26H,5-6H2/t9-,10-,11-,12-,13+,14+,15-,16+,17-,18+/m1/s1. The number of nitro benzene ring substituents is 1. The third-order valence-corrected chi connectivity index (χ3v) is 5.26. The molecule has 0 radical (unpaired) electrons. The number of nitrogens with zero attached hydrogens (tertiary/aromatic N) is 1. The molecular formula is C18H25NO13. The van der Waals surface area contributed by atoms with Crippen molar-refractivity contribution in [3.05, 3.63) is 34.4 Å². The lowest BCUT2D eigenvalue weighted by Crippen LogP contribution is -2.65. The van der Waals surface area contributed by atoms with E-state index in [1.165, 1.54) is 12.1 Å². The van der Waals surface area contributed by atoms with Gasteiger partial charge in [0.2, 0.25) is 6.29 Å². The molecule has 2 fully saturated rings. The molecule has 2 aliphatic rings. The van der Waals surface area contributed by atoms with E-state index in [9.17, 15) is 45.9 Å². The summed E-state index contributed by atoms with van der Waals surface area (Å²) >= 11 is 0. The van der Waals surface area contributed by atoms with Crippen LogP contribution in [0.3, 0.4) is 0 Å². The fourth-order valence-corrected chi connectivity index (χ4v) is 3.41. The zero-order valence-electron chi connectivity index (χ0n) is 16.5. The Balaban J connectivity index is 1.81. The Kier molecular flexibility index (Phi) is 7.94. The average Bonchev–Trinajstić information content (AvgIpc) is 2.78. The predicted molar refractivity (Wildman–Crippen MR) is 100 cm³/mol. The first kappa shape index (κ1) is 24.7. The highest BCUT2D eigenvalue weighted by Gasteiger charge is 2.51. The highest BCUT2D eigenvalue weighted by molar-refractivity contribution is 5.36. The lowest BCUT2D eigenvalue weighted by atomic mass is 9.97. The SMILES string of the molecule is O=[N+]([O-])c1ccc(O[C@H]2O[C@H](CO)[C@@H](O)[C@H](O)[C@@H]2O[C@H]2O[C@H](CO)[C@@H](O)[C@H](O)[C@H]2O)cc1. The Hall–Kier alpha value is -1.98. The summed E-state index contributed by atoms with van der Waals surface area (Å²) < 4.78 is 21.8. The molecule has 1 aromatic carbocycles. The molecule has 0 bridgehead atoms. The van der Waals surface area contributed by atoms with Crippen molar-refractivity contribution in [2.75, 3.05) is 13.2 Å². The van der Waals surface area contributed by atoms with Crippen molar-refractivity contribution in [3.63, 3.8) is 0 Å². The molecule has 2 saturated heterocycles. The molecule has 7 N–H and O–H groups in total. The predicted octanol–water partition coefficient (Wildman–Crippen LogP) is -3.40. The molecule has 14 heteroatoms. The number of hydrogen-bond acceptors (Lipinski definition) is 13. The van der Waals surface area contributed by atoms with Gasteiger partial charge in [-0.2, -0.15) is 0 Å². The van der Waals surface area contributed by atoms with Crippen molar-refractivity contribution >= 4 is 5.69 Å². The molecule has 0 saturated carbocycles. The van der Waals surface area contributed by atoms with Gasteiger partial charge in [-0.15, -0.1) is 0 Å². The minimum atomic E-state index is -1.80. The Morgan fingerprint density at radius 3 is 1.88 bits per heavy atom. The van der Waals surface area contributed by atoms with E-state index in [1.54, 1.807) is 0 Å². The maximum absolute atomic E-state index is 10.8. The van der Waals surface area contributed by atoms with Gasteiger partial charge in [-0.25, -0.2) is 0 Å². The number of benzene rings is 1. The lowest BCUT2D eigenvalue weighted by Gasteiger charge is -2.45. The van der Waals surface area contributed by atoms with E-state index in [0.29, 0.717) is 0 Å². The highest BCUT2D eigenvalue weighted by Crippen LogP contribution is 2.31. The minimum absolute atomic E-state index is 0.0586. The van der Waals surface area contributed by atoms with Gasteiger partial charge in [-0.05, 0) is 12.1 Å². The molecule has 0 unspecified atom stereocenters. The highest BCUT2D eigenvalue weighted by atomic mass is 16.8. The van der Waals surface area contributed by atoms with Crippen LogP contribution in [0.1, 0.15) is 0 Å². The molecule has 0 aromatic heterocycles. The second kappa shape index (κ2) is 10.3. The van der Waals surface area contributed by atoms with Gasteiger partial charge >= 0.3 is 0 Å². The maximum atomic E-state index is 10.8. The van der Waals surface area contributed by atoms with Crippen molar-refractivity contribution in [2.45, 2.75) is 61.4 Å². The summed E-state index contributed by atoms with van der Waals surface area (Å²) in [6.45, 7) is -1.41. The van der Waals surface area contributed by atoms with Gasteiger partial charge < -0.3 is 54.7 Å². The summed E-state index contributed by atoms with van der Waals surface area (Å²) in [6, 6.07) is 4.80. The summed E-state index contributed by atoms with van der Waals surface area (Å²) in [6.07, 6.45) is -15.8. The number of aliphatic hydroxyl groups excluding tert-OH is 7. The van der Waals surface area contributed by atoms with E-state index in [4.69, 9.17) is 18.9 Å². The van der Waals surface area contributed by atoms with Crippen LogP contribution < -0.4 is 4.74 Å². The van der Waals surface area contributed by atoms with Crippen LogP contribution in [0.15, 0.2) is 24.3 Å². The molecule has 180 valence electrons. The smallest absolute Gasteiger partial charge is 0.269 e. The van der Waals surface area contributed by atoms with Crippen molar-refractivity contribution in [3.8, 4) is 5.75 Å². The average molecular weight is 463 g/mol. The number of nitro groups is 1. The quantitative estimate of drug-likeness (QED) is 0.155. The maximum Gasteiger partial charge on any atom is 0.269 e. The second-order valence-corrected chi connectivity index (χ2v) is 7.37. The van der Waals surface area contributed by atoms with Crippen LogP contribution in [0.5, 0.6) is 5.75 Å². The van der Waals surface area contributed by atoms with E-state index in [1.807, 2.05) is 0 Å². The Morgan fingerprint density at radius 1 is 0.812 bits per heavy atom. The van der Waals surface area contributed by atoms with Crippen LogP contribution in [0.25, 0.3) is 0 Å². The number of non-ortho nitro benzene ring substituents is 1. The van der Waals surface area contributed by atoms with Gasteiger partial charge in [0, 0.05) is 12.1 Å². The molecule has 2 aliphatic heterocycles. The zero-order valence-corrected chi connectivity index (χ0v) is 16.5. The van der Waals surface area contributed by atoms with E-state index in [0.717, 1.165) is 12.1 Å². The first-order chi connectivity index (χ1) is 15.2. The Morgan fingerprint density at radius 2 is 1.34 bits per heavy atom. The first-order valence-electron chi connectivity index (χ1n) is 9.67. The molecule has 0 aliphatic carbocycles. The third-order valence-electron chi connectivity index (χ3n) is 5.26. The van der Waals surface area contributed by atoms with Crippen molar-refractivity contribution < 1.29 is 59.6 Å². The Labute approximate surface area is 180 Å². The molecular weight excluding hydrogens is 438 g/mol. The van der Waals surface area contributed by atoms with Crippen molar-refractivity contribution in [2.24, 2.45) is 0 Å². The first-order valence-corrected chi connectivity index (χ1v) is 9.67. The van der Waals surface area contributed by atoms with Crippen LogP contribution >= 0.6 is 0 Å². The minimum Gasteiger partial charge on any atom is -0.462 e. The molecule has 0 spiro atoms. The Bertz CT molecular complexity index is 762. The van der Waals surface area contributed by atoms with E-state index >= 15 is 0 Å². The normalized spacial score (nSPS) is 40.1. The van der Waals surface area contributed by atoms with Crippen LogP contribution in [-0.2, 0) is 14.2 Å². The van der Waals surface area contributed by atoms with E-state index in [-0.39, 0.29) is 11.4 Å². The fraction of sp³-hybridized carbons (Fsp3) is 0.667. The van der Waals surface area contributed by atoms with Gasteiger partial charge in [-0.3, -0.25) is 10.1 Å². The van der Waals surface area contributed by atoms with Crippen LogP contribution in [-0.4, -0.2) is 115 Å². The van der Waals surface area contributed by atoms with Gasteiger partial charge in [-0.1, -0.05) is 0 Å². The summed E-state index contributed by atoms with van der Waals surface area (Å²) in [5.74, 6) is 0.0586. The molecule has 0 amide bonds. The monoisotopic (exact) mass is 463 g/mol. The number of rotatable bonds is 7. The van der Waals surface area contributed by atoms with Gasteiger partial charge in [0.1, 0.15) is 48.5 Å². The second-order valence-electron chi connectivity index (χ2n) is 7.37. The van der Waals surface area contributed by atoms with Gasteiger partial charge in [0.05, 0.1) is 18.1 Å². The summed E-state index contributed by atoms with van der Waals surface area (Å²) in [5.41, 5.74) is -0.209. The van der Waals surface area contributed by atoms with E-state index < -0.39 is 79.5 Å². The molecule has 3 rings (SSSR count). The van der Waals surface area contributed by atoms with Gasteiger partial charge in [0.25, 0.3) is 5.69 Å². The van der Waals surface area contributed by atoms with Crippen molar-refractivity contribution in [1.82, 2.24) is 0 Å². The van der Waals surface area contributed by atoms with Gasteiger partial charge in [0.15, 0.2) is 12.4 Å². The van der Waals surface area contributed by atoms with E-state index in [2.05, 4.69) is 0 Å². The summed E-state index contributed by atoms with van der Waals surface area (Å²) in [7, 11) is 0. The van der Waals surface area contributed by atoms with Crippen LogP contribution in [0.2, 0.25) is 0 Å². The zero-order chi connectivity index (χ0) is 23.6. The molecule has 1 aromatic rings. The van der Waals surface area contributed by atoms with Crippen LogP contribution in [0, 0.1) is 10.1 Å². The number of hydrogen-bond donors (Lipinski definition) is 7. The van der Waals surface area contributed by atoms with Crippen LogP contribution in [0.4, 0.5) is 5.69 Å². The summed E-state index contributed by atoms with van der Waals surface area (Å²) in [5, 5.41) is 80.3. The fourth-order valence-electron chi connectivity index (χ4n) is 3.41. The molecule has 32 heavy (non-hydrogen) atoms.